The third-order valence-corrected chi connectivity index (χ3v) is 0.884. The molecule has 1 heterocycles. The van der Waals surface area contributed by atoms with Crippen LogP contribution in [0.4, 0.5) is 4.79 Å². The van der Waals surface area contributed by atoms with Crippen molar-refractivity contribution in [2.45, 2.75) is 12.8 Å². The van der Waals surface area contributed by atoms with Gasteiger partial charge in [0.15, 0.2) is 0 Å². The van der Waals surface area contributed by atoms with E-state index < -0.39 is 18.0 Å². The van der Waals surface area contributed by atoms with Crippen molar-refractivity contribution in [1.82, 2.24) is 5.43 Å². The topological polar surface area (TPSA) is 119 Å². The quantitative estimate of drug-likeness (QED) is 0.143. The van der Waals surface area contributed by atoms with Crippen LogP contribution in [0.2, 0.25) is 0 Å². The Morgan fingerprint density at radius 3 is 1.83 bits per heavy atom. The molecule has 12 heavy (non-hydrogen) atoms. The molecule has 0 aromatic carbocycles. The van der Waals surface area contributed by atoms with Gasteiger partial charge in [-0.2, -0.15) is 0 Å². The van der Waals surface area contributed by atoms with Crippen LogP contribution in [0.5, 0.6) is 0 Å². The van der Waals surface area contributed by atoms with Gasteiger partial charge in [0.25, 0.3) is 0 Å². The predicted molar refractivity (Wildman–Crippen MR) is 35.7 cm³/mol. The van der Waals surface area contributed by atoms with Crippen LogP contribution in [0, 0.1) is 0 Å². The van der Waals surface area contributed by atoms with Crippen molar-refractivity contribution in [3.8, 4) is 0 Å². The van der Waals surface area contributed by atoms with Crippen LogP contribution in [0.15, 0.2) is 0 Å². The first-order valence-electron chi connectivity index (χ1n) is 2.99. The number of amides is 1. The van der Waals surface area contributed by atoms with Crippen LogP contribution in [-0.2, 0) is 14.3 Å². The van der Waals surface area contributed by atoms with E-state index in [0.717, 1.165) is 0 Å². The number of nitrogens with one attached hydrogen (secondary N) is 1. The SMILES string of the molecule is NNC(=O)O.O=C1CCC(=O)O1. The monoisotopic (exact) mass is 176 g/mol. The molecule has 1 amide bonds. The molecule has 1 aliphatic rings. The zero-order valence-corrected chi connectivity index (χ0v) is 6.07. The van der Waals surface area contributed by atoms with Crippen molar-refractivity contribution in [2.75, 3.05) is 0 Å². The number of nitrogens with two attached hydrogens (primary N) is 1. The molecule has 0 radical (unpaired) electrons. The van der Waals surface area contributed by atoms with Gasteiger partial charge in [0.2, 0.25) is 0 Å². The minimum absolute atomic E-state index is 0.263. The van der Waals surface area contributed by atoms with Crippen LogP contribution in [0.25, 0.3) is 0 Å². The molecular formula is C5H8N2O5. The average molecular weight is 176 g/mol. The molecule has 0 bridgehead atoms. The average Bonchev–Trinajstić information content (AvgIpc) is 2.36. The molecule has 1 saturated heterocycles. The van der Waals surface area contributed by atoms with Crippen molar-refractivity contribution in [2.24, 2.45) is 5.84 Å². The van der Waals surface area contributed by atoms with Crippen LogP contribution in [0.3, 0.4) is 0 Å². The lowest BCUT2D eigenvalue weighted by Crippen LogP contribution is -2.27. The minimum Gasteiger partial charge on any atom is -0.464 e. The number of cyclic esters (lactones) is 2. The van der Waals surface area contributed by atoms with E-state index in [9.17, 15) is 9.59 Å². The highest BCUT2D eigenvalue weighted by molar-refractivity contribution is 5.92. The lowest BCUT2D eigenvalue weighted by Gasteiger charge is -1.79. The molecule has 0 unspecified atom stereocenters. The van der Waals surface area contributed by atoms with E-state index in [1.807, 2.05) is 0 Å². The molecule has 1 fully saturated rings. The lowest BCUT2D eigenvalue weighted by molar-refractivity contribution is -0.151. The summed E-state index contributed by atoms with van der Waals surface area (Å²) >= 11 is 0. The smallest absolute Gasteiger partial charge is 0.418 e. The Morgan fingerprint density at radius 2 is 1.75 bits per heavy atom. The summed E-state index contributed by atoms with van der Waals surface area (Å²) in [7, 11) is 0. The number of rotatable bonds is 0. The normalized spacial score (nSPS) is 14.4. The summed E-state index contributed by atoms with van der Waals surface area (Å²) in [5, 5.41) is 7.49. The molecule has 7 heteroatoms. The predicted octanol–water partition coefficient (Wildman–Crippen LogP) is -1.02. The van der Waals surface area contributed by atoms with Crippen molar-refractivity contribution in [3.63, 3.8) is 0 Å². The molecule has 1 rings (SSSR count). The standard InChI is InChI=1S/C4H4O3.CH4N2O2/c5-3-1-2-4(6)7-3;2-3-1(4)5/h1-2H2;3H,2H2,(H,4,5). The molecule has 0 aliphatic carbocycles. The van der Waals surface area contributed by atoms with E-state index in [2.05, 4.69) is 10.6 Å². The summed E-state index contributed by atoms with van der Waals surface area (Å²) in [6.45, 7) is 0. The summed E-state index contributed by atoms with van der Waals surface area (Å²) < 4.78 is 4.08. The third-order valence-electron chi connectivity index (χ3n) is 0.884. The number of carboxylic acid groups (broad SMARTS) is 1. The van der Waals surface area contributed by atoms with E-state index in [1.165, 1.54) is 5.43 Å². The number of hydrogen-bond donors (Lipinski definition) is 3. The third kappa shape index (κ3) is 5.18. The molecule has 0 atom stereocenters. The molecule has 0 aromatic rings. The van der Waals surface area contributed by atoms with Crippen molar-refractivity contribution in [1.29, 1.82) is 0 Å². The second-order valence-corrected chi connectivity index (χ2v) is 1.80. The van der Waals surface area contributed by atoms with Crippen LogP contribution < -0.4 is 11.3 Å². The summed E-state index contributed by atoms with van der Waals surface area (Å²) in [6, 6.07) is 0. The van der Waals surface area contributed by atoms with Gasteiger partial charge in [0, 0.05) is 0 Å². The second-order valence-electron chi connectivity index (χ2n) is 1.80. The Hall–Kier alpha value is -1.63. The number of hydrogen-bond acceptors (Lipinski definition) is 5. The molecule has 4 N–H and O–H groups in total. The van der Waals surface area contributed by atoms with Crippen molar-refractivity contribution in [3.05, 3.63) is 0 Å². The Balaban J connectivity index is 0.000000217. The number of carbonyl (C=O) groups excluding carboxylic acids is 2. The first-order valence-corrected chi connectivity index (χ1v) is 2.99. The van der Waals surface area contributed by atoms with Gasteiger partial charge in [-0.15, -0.1) is 0 Å². The maximum absolute atomic E-state index is 10.0. The van der Waals surface area contributed by atoms with E-state index in [1.54, 1.807) is 0 Å². The fraction of sp³-hybridized carbons (Fsp3) is 0.400. The van der Waals surface area contributed by atoms with Crippen LogP contribution in [-0.4, -0.2) is 23.1 Å². The Morgan fingerprint density at radius 1 is 1.42 bits per heavy atom. The largest absolute Gasteiger partial charge is 0.464 e. The summed E-state index contributed by atoms with van der Waals surface area (Å²) in [6.07, 6.45) is -0.692. The maximum Gasteiger partial charge on any atom is 0.418 e. The van der Waals surface area contributed by atoms with Gasteiger partial charge < -0.3 is 9.84 Å². The maximum atomic E-state index is 10.0. The van der Waals surface area contributed by atoms with E-state index in [0.29, 0.717) is 0 Å². The highest BCUT2D eigenvalue weighted by Gasteiger charge is 2.19. The first kappa shape index (κ1) is 10.4. The van der Waals surface area contributed by atoms with Gasteiger partial charge in [-0.05, 0) is 0 Å². The summed E-state index contributed by atoms with van der Waals surface area (Å²) in [4.78, 5) is 29.2. The highest BCUT2D eigenvalue weighted by Crippen LogP contribution is 2.03. The van der Waals surface area contributed by atoms with Gasteiger partial charge >= 0.3 is 18.0 Å². The molecule has 1 aliphatic heterocycles. The summed E-state index contributed by atoms with van der Waals surface area (Å²) in [5.74, 6) is 3.53. The van der Waals surface area contributed by atoms with Crippen LogP contribution in [0.1, 0.15) is 12.8 Å². The Bertz CT molecular complexity index is 188. The zero-order chi connectivity index (χ0) is 9.56. The number of ether oxygens (including phenoxy) is 1. The number of esters is 2. The van der Waals surface area contributed by atoms with Gasteiger partial charge in [0.1, 0.15) is 0 Å². The van der Waals surface area contributed by atoms with Gasteiger partial charge in [0.05, 0.1) is 12.8 Å². The Kier molecular flexibility index (Phi) is 4.39. The van der Waals surface area contributed by atoms with Crippen molar-refractivity contribution >= 4 is 18.0 Å². The Labute approximate surface area is 67.5 Å². The van der Waals surface area contributed by atoms with E-state index >= 15 is 0 Å². The van der Waals surface area contributed by atoms with Crippen molar-refractivity contribution < 1.29 is 24.2 Å². The second kappa shape index (κ2) is 5.08. The first-order chi connectivity index (χ1) is 5.56. The highest BCUT2D eigenvalue weighted by atomic mass is 16.6. The lowest BCUT2D eigenvalue weighted by atomic mass is 10.4. The molecule has 7 nitrogen and oxygen atoms in total. The number of hydrazine groups is 1. The van der Waals surface area contributed by atoms with E-state index in [-0.39, 0.29) is 12.8 Å². The molecule has 0 aromatic heterocycles. The minimum atomic E-state index is -1.22. The molecule has 68 valence electrons. The molecular weight excluding hydrogens is 168 g/mol. The fourth-order valence-corrected chi connectivity index (χ4v) is 0.433. The molecule has 0 saturated carbocycles. The van der Waals surface area contributed by atoms with Gasteiger partial charge in [-0.1, -0.05) is 0 Å². The van der Waals surface area contributed by atoms with E-state index in [4.69, 9.17) is 9.90 Å². The molecule has 0 spiro atoms. The zero-order valence-electron chi connectivity index (χ0n) is 6.07. The van der Waals surface area contributed by atoms with Gasteiger partial charge in [-0.3, -0.25) is 15.0 Å². The fourth-order valence-electron chi connectivity index (χ4n) is 0.433. The van der Waals surface area contributed by atoms with Gasteiger partial charge in [-0.25, -0.2) is 10.6 Å². The summed E-state index contributed by atoms with van der Waals surface area (Å²) in [5.41, 5.74) is 1.44. The van der Waals surface area contributed by atoms with Crippen LogP contribution >= 0.6 is 0 Å². The number of carbonyl (C=O) groups is 3.